The lowest BCUT2D eigenvalue weighted by molar-refractivity contribution is -0.119. The number of ether oxygens (including phenoxy) is 2. The average Bonchev–Trinajstić information content (AvgIpc) is 3.10. The molecule has 3 aromatic rings. The Balaban J connectivity index is 1.28. The van der Waals surface area contributed by atoms with Gasteiger partial charge in [-0.1, -0.05) is 30.3 Å². The minimum absolute atomic E-state index is 0.0257. The third-order valence-electron chi connectivity index (χ3n) is 5.19. The van der Waals surface area contributed by atoms with E-state index in [-0.39, 0.29) is 12.0 Å². The zero-order valence-electron chi connectivity index (χ0n) is 16.6. The fraction of sp³-hybridized carbons (Fsp3) is 0.409. The highest BCUT2D eigenvalue weighted by atomic mass is 16.5. The topological polar surface area (TPSA) is 78.3 Å². The number of hydrogen-bond donors (Lipinski definition) is 1. The van der Waals surface area contributed by atoms with E-state index in [2.05, 4.69) is 27.5 Å². The number of pyridine rings is 1. The van der Waals surface area contributed by atoms with E-state index >= 15 is 0 Å². The van der Waals surface area contributed by atoms with Gasteiger partial charge in [0.1, 0.15) is 0 Å². The Labute approximate surface area is 170 Å². The van der Waals surface area contributed by atoms with E-state index in [4.69, 9.17) is 9.47 Å². The molecular formula is C22H26N4O3. The number of aromatic nitrogens is 3. The summed E-state index contributed by atoms with van der Waals surface area (Å²) in [5.41, 5.74) is 2.22. The highest BCUT2D eigenvalue weighted by Gasteiger charge is 2.30. The molecule has 7 heteroatoms. The van der Waals surface area contributed by atoms with Crippen molar-refractivity contribution < 1.29 is 14.3 Å². The van der Waals surface area contributed by atoms with Crippen molar-refractivity contribution in [3.05, 3.63) is 54.4 Å². The molecule has 1 saturated carbocycles. The first kappa shape index (κ1) is 19.4. The van der Waals surface area contributed by atoms with Gasteiger partial charge in [-0.15, -0.1) is 0 Å². The Morgan fingerprint density at radius 3 is 2.86 bits per heavy atom. The van der Waals surface area contributed by atoms with Gasteiger partial charge in [0.15, 0.2) is 0 Å². The molecule has 1 aliphatic rings. The molecule has 0 saturated heterocycles. The van der Waals surface area contributed by atoms with Crippen LogP contribution in [-0.2, 0) is 16.1 Å². The second kappa shape index (κ2) is 9.05. The monoisotopic (exact) mass is 394 g/mol. The van der Waals surface area contributed by atoms with E-state index in [1.807, 2.05) is 35.1 Å². The van der Waals surface area contributed by atoms with Gasteiger partial charge in [-0.2, -0.15) is 5.10 Å². The maximum absolute atomic E-state index is 10.8. The molecule has 152 valence electrons. The third kappa shape index (κ3) is 4.92. The van der Waals surface area contributed by atoms with Crippen LogP contribution in [0.25, 0.3) is 10.9 Å². The van der Waals surface area contributed by atoms with Crippen LogP contribution in [-0.4, -0.2) is 46.5 Å². The number of nitrogens with one attached hydrogen (secondary N) is 1. The van der Waals surface area contributed by atoms with E-state index in [1.54, 1.807) is 6.20 Å². The normalized spacial score (nSPS) is 18.4. The van der Waals surface area contributed by atoms with E-state index in [1.165, 1.54) is 12.5 Å². The van der Waals surface area contributed by atoms with Crippen molar-refractivity contribution in [2.24, 2.45) is 5.92 Å². The van der Waals surface area contributed by atoms with Crippen molar-refractivity contribution in [1.29, 1.82) is 0 Å². The lowest BCUT2D eigenvalue weighted by atomic mass is 9.83. The van der Waals surface area contributed by atoms with Gasteiger partial charge in [0.25, 0.3) is 0 Å². The number of fused-ring (bicyclic) bond motifs is 1. The molecule has 0 spiro atoms. The number of rotatable bonds is 9. The number of nitrogens with zero attached hydrogens (tertiary/aromatic N) is 3. The van der Waals surface area contributed by atoms with E-state index in [0.29, 0.717) is 38.1 Å². The van der Waals surface area contributed by atoms with Crippen molar-refractivity contribution in [3.63, 3.8) is 0 Å². The molecule has 29 heavy (non-hydrogen) atoms. The van der Waals surface area contributed by atoms with E-state index in [0.717, 1.165) is 23.7 Å². The minimum Gasteiger partial charge on any atom is -0.477 e. The first-order chi connectivity index (χ1) is 14.2. The predicted octanol–water partition coefficient (Wildman–Crippen LogP) is 2.79. The molecule has 1 amide bonds. The van der Waals surface area contributed by atoms with Crippen LogP contribution >= 0.6 is 0 Å². The van der Waals surface area contributed by atoms with Crippen LogP contribution in [0.4, 0.5) is 0 Å². The van der Waals surface area contributed by atoms with Crippen LogP contribution in [0.2, 0.25) is 0 Å². The first-order valence-electron chi connectivity index (χ1n) is 10.0. The number of carbonyl (C=O) groups is 1. The maximum Gasteiger partial charge on any atom is 0.224 e. The molecule has 0 aliphatic heterocycles. The number of hydrogen-bond acceptors (Lipinski definition) is 5. The summed E-state index contributed by atoms with van der Waals surface area (Å²) >= 11 is 0. The summed E-state index contributed by atoms with van der Waals surface area (Å²) in [4.78, 5) is 15.2. The van der Waals surface area contributed by atoms with E-state index < -0.39 is 0 Å². The summed E-state index contributed by atoms with van der Waals surface area (Å²) in [5, 5.41) is 8.20. The summed E-state index contributed by atoms with van der Waals surface area (Å²) in [6.07, 6.45) is 5.81. The summed E-state index contributed by atoms with van der Waals surface area (Å²) in [6.45, 7) is 3.97. The Bertz CT molecular complexity index is 951. The number of benzene rings is 1. The summed E-state index contributed by atoms with van der Waals surface area (Å²) in [5.74, 6) is 1.08. The molecule has 2 heterocycles. The molecule has 1 N–H and O–H groups in total. The van der Waals surface area contributed by atoms with Gasteiger partial charge < -0.3 is 14.8 Å². The van der Waals surface area contributed by atoms with Crippen molar-refractivity contribution in [3.8, 4) is 5.88 Å². The second-order valence-corrected chi connectivity index (χ2v) is 7.46. The molecule has 1 aromatic carbocycles. The Morgan fingerprint density at radius 1 is 1.24 bits per heavy atom. The SMILES string of the molecule is CC(=O)NCCOC1CC(COc2nccc3c2cnn3Cc2ccccc2)C1. The molecule has 0 atom stereocenters. The molecule has 0 bridgehead atoms. The Hall–Kier alpha value is -2.93. The third-order valence-corrected chi connectivity index (χ3v) is 5.19. The smallest absolute Gasteiger partial charge is 0.224 e. The minimum atomic E-state index is -0.0257. The lowest BCUT2D eigenvalue weighted by Crippen LogP contribution is -2.37. The molecule has 1 fully saturated rings. The molecule has 2 aromatic heterocycles. The van der Waals surface area contributed by atoms with Crippen LogP contribution in [0.5, 0.6) is 5.88 Å². The zero-order valence-corrected chi connectivity index (χ0v) is 16.6. The standard InChI is InChI=1S/C22H26N4O3/c1-16(27)23-9-10-28-19-11-18(12-19)15-29-22-20-13-25-26(21(20)7-8-24-22)14-17-5-3-2-4-6-17/h2-8,13,18-19H,9-12,14-15H2,1H3,(H,23,27). The predicted molar refractivity (Wildman–Crippen MR) is 110 cm³/mol. The van der Waals surface area contributed by atoms with Crippen molar-refractivity contribution in [1.82, 2.24) is 20.1 Å². The van der Waals surface area contributed by atoms with Crippen LogP contribution in [0.1, 0.15) is 25.3 Å². The van der Waals surface area contributed by atoms with Crippen molar-refractivity contribution in [2.45, 2.75) is 32.4 Å². The number of amides is 1. The summed E-state index contributed by atoms with van der Waals surface area (Å²) in [6, 6.07) is 12.2. The fourth-order valence-corrected chi connectivity index (χ4v) is 3.57. The largest absolute Gasteiger partial charge is 0.477 e. The first-order valence-corrected chi connectivity index (χ1v) is 10.0. The maximum atomic E-state index is 10.8. The van der Waals surface area contributed by atoms with E-state index in [9.17, 15) is 4.79 Å². The highest BCUT2D eigenvalue weighted by molar-refractivity contribution is 5.83. The van der Waals surface area contributed by atoms with Crippen LogP contribution in [0.15, 0.2) is 48.8 Å². The van der Waals surface area contributed by atoms with Gasteiger partial charge in [-0.3, -0.25) is 9.48 Å². The Morgan fingerprint density at radius 2 is 2.07 bits per heavy atom. The molecule has 4 rings (SSSR count). The molecule has 0 unspecified atom stereocenters. The second-order valence-electron chi connectivity index (χ2n) is 7.46. The summed E-state index contributed by atoms with van der Waals surface area (Å²) in [7, 11) is 0. The highest BCUT2D eigenvalue weighted by Crippen LogP contribution is 2.31. The Kier molecular flexibility index (Phi) is 6.05. The molecule has 1 aliphatic carbocycles. The van der Waals surface area contributed by atoms with Crippen LogP contribution in [0, 0.1) is 5.92 Å². The van der Waals surface area contributed by atoms with Gasteiger partial charge in [0.05, 0.1) is 43.0 Å². The number of carbonyl (C=O) groups excluding carboxylic acids is 1. The zero-order chi connectivity index (χ0) is 20.1. The van der Waals surface area contributed by atoms with Crippen molar-refractivity contribution >= 4 is 16.8 Å². The molecule has 7 nitrogen and oxygen atoms in total. The van der Waals surface area contributed by atoms with Crippen LogP contribution in [0.3, 0.4) is 0 Å². The van der Waals surface area contributed by atoms with Gasteiger partial charge in [0, 0.05) is 19.7 Å². The van der Waals surface area contributed by atoms with Crippen LogP contribution < -0.4 is 10.1 Å². The van der Waals surface area contributed by atoms with Gasteiger partial charge in [0.2, 0.25) is 11.8 Å². The van der Waals surface area contributed by atoms with Gasteiger partial charge >= 0.3 is 0 Å². The fourth-order valence-electron chi connectivity index (χ4n) is 3.57. The van der Waals surface area contributed by atoms with Gasteiger partial charge in [-0.25, -0.2) is 4.98 Å². The lowest BCUT2D eigenvalue weighted by Gasteiger charge is -2.34. The molecule has 0 radical (unpaired) electrons. The quantitative estimate of drug-likeness (QED) is 0.565. The van der Waals surface area contributed by atoms with Gasteiger partial charge in [-0.05, 0) is 30.4 Å². The van der Waals surface area contributed by atoms with Crippen molar-refractivity contribution in [2.75, 3.05) is 19.8 Å². The average molecular weight is 394 g/mol. The molecular weight excluding hydrogens is 368 g/mol. The summed E-state index contributed by atoms with van der Waals surface area (Å²) < 4.78 is 13.7.